The molecule has 0 unspecified atom stereocenters. The molecule has 2 aromatic carbocycles. The number of carbonyl (C=O) groups is 1. The van der Waals surface area contributed by atoms with Gasteiger partial charge in [0.1, 0.15) is 17.2 Å². The van der Waals surface area contributed by atoms with Crippen LogP contribution in [-0.4, -0.2) is 38.7 Å². The molecule has 148 valence electrons. The van der Waals surface area contributed by atoms with E-state index in [4.69, 9.17) is 9.84 Å². The first-order chi connectivity index (χ1) is 14.7. The van der Waals surface area contributed by atoms with Gasteiger partial charge in [0.15, 0.2) is 0 Å². The largest absolute Gasteiger partial charge is 0.457 e. The van der Waals surface area contributed by atoms with Crippen molar-refractivity contribution in [1.82, 2.24) is 19.7 Å². The van der Waals surface area contributed by atoms with Gasteiger partial charge in [-0.25, -0.2) is 0 Å². The van der Waals surface area contributed by atoms with Crippen molar-refractivity contribution >= 4 is 16.8 Å². The maximum atomic E-state index is 11.8. The Bertz CT molecular complexity index is 1210. The zero-order valence-corrected chi connectivity index (χ0v) is 16.3. The summed E-state index contributed by atoms with van der Waals surface area (Å²) in [5.74, 6) is 1.52. The van der Waals surface area contributed by atoms with Crippen LogP contribution >= 0.6 is 0 Å². The van der Waals surface area contributed by atoms with Crippen molar-refractivity contribution in [3.63, 3.8) is 0 Å². The van der Waals surface area contributed by atoms with Gasteiger partial charge in [0.05, 0.1) is 11.6 Å². The Kier molecular flexibility index (Phi) is 4.52. The average Bonchev–Trinajstić information content (AvgIpc) is 3.13. The summed E-state index contributed by atoms with van der Waals surface area (Å²) in [6.07, 6.45) is 4.96. The van der Waals surface area contributed by atoms with E-state index in [2.05, 4.69) is 11.6 Å². The number of fused-ring (bicyclic) bond motifs is 1. The van der Waals surface area contributed by atoms with Crippen molar-refractivity contribution in [1.29, 1.82) is 0 Å². The number of ether oxygens (including phenoxy) is 1. The highest BCUT2D eigenvalue weighted by atomic mass is 16.5. The lowest BCUT2D eigenvalue weighted by Gasteiger charge is -2.38. The molecule has 0 atom stereocenters. The van der Waals surface area contributed by atoms with Crippen LogP contribution in [0.1, 0.15) is 6.04 Å². The highest BCUT2D eigenvalue weighted by Gasteiger charge is 2.32. The predicted molar refractivity (Wildman–Crippen MR) is 115 cm³/mol. The molecule has 1 aliphatic rings. The molecule has 6 heteroatoms. The van der Waals surface area contributed by atoms with Crippen LogP contribution in [0.15, 0.2) is 85.7 Å². The highest BCUT2D eigenvalue weighted by Crippen LogP contribution is 2.33. The summed E-state index contributed by atoms with van der Waals surface area (Å²) < 4.78 is 7.90. The first kappa shape index (κ1) is 18.1. The fourth-order valence-corrected chi connectivity index (χ4v) is 3.70. The third-order valence-electron chi connectivity index (χ3n) is 5.31. The number of nitrogens with zero attached hydrogens (tertiary/aromatic N) is 4. The van der Waals surface area contributed by atoms with Crippen molar-refractivity contribution in [3.8, 4) is 22.8 Å². The summed E-state index contributed by atoms with van der Waals surface area (Å²) in [5.41, 5.74) is 2.88. The van der Waals surface area contributed by atoms with Crippen LogP contribution in [0.2, 0.25) is 0 Å². The minimum atomic E-state index is -0.0430. The lowest BCUT2D eigenvalue weighted by molar-refractivity contribution is -0.131. The smallest absolute Gasteiger partial charge is 0.246 e. The molecule has 1 aliphatic heterocycles. The van der Waals surface area contributed by atoms with Crippen LogP contribution in [0.3, 0.4) is 0 Å². The first-order valence-electron chi connectivity index (χ1n) is 9.80. The standard InChI is InChI=1S/C24H20N4O2/c1-2-23(29)27-15-18(16-27)28-22-12-13-25-14-21(22)24(26-28)17-8-10-20(11-9-17)30-19-6-4-3-5-7-19/h2-14,18H,1,15-16H2. The number of likely N-dealkylation sites (tertiary alicyclic amines) is 1. The lowest BCUT2D eigenvalue weighted by Crippen LogP contribution is -2.50. The minimum absolute atomic E-state index is 0.0430. The number of hydrogen-bond acceptors (Lipinski definition) is 4. The Morgan fingerprint density at radius 3 is 2.50 bits per heavy atom. The fourth-order valence-electron chi connectivity index (χ4n) is 3.70. The predicted octanol–water partition coefficient (Wildman–Crippen LogP) is 4.46. The zero-order chi connectivity index (χ0) is 20.5. The van der Waals surface area contributed by atoms with Crippen molar-refractivity contribution in [2.24, 2.45) is 0 Å². The van der Waals surface area contributed by atoms with Gasteiger partial charge >= 0.3 is 0 Å². The first-order valence-corrected chi connectivity index (χ1v) is 9.80. The zero-order valence-electron chi connectivity index (χ0n) is 16.3. The molecular weight excluding hydrogens is 376 g/mol. The summed E-state index contributed by atoms with van der Waals surface area (Å²) in [7, 11) is 0. The summed E-state index contributed by atoms with van der Waals surface area (Å²) >= 11 is 0. The summed E-state index contributed by atoms with van der Waals surface area (Å²) in [6.45, 7) is 4.82. The monoisotopic (exact) mass is 396 g/mol. The maximum Gasteiger partial charge on any atom is 0.246 e. The molecule has 30 heavy (non-hydrogen) atoms. The van der Waals surface area contributed by atoms with Gasteiger partial charge in [0.2, 0.25) is 5.91 Å². The van der Waals surface area contributed by atoms with Crippen molar-refractivity contribution < 1.29 is 9.53 Å². The molecule has 0 aliphatic carbocycles. The van der Waals surface area contributed by atoms with Crippen LogP contribution in [0.25, 0.3) is 22.2 Å². The number of aromatic nitrogens is 3. The van der Waals surface area contributed by atoms with Gasteiger partial charge < -0.3 is 9.64 Å². The summed E-state index contributed by atoms with van der Waals surface area (Å²) in [6, 6.07) is 19.7. The number of benzene rings is 2. The van der Waals surface area contributed by atoms with Crippen molar-refractivity contribution in [2.45, 2.75) is 6.04 Å². The van der Waals surface area contributed by atoms with E-state index in [1.54, 1.807) is 11.1 Å². The number of amides is 1. The van der Waals surface area contributed by atoms with Gasteiger partial charge in [-0.3, -0.25) is 14.5 Å². The second kappa shape index (κ2) is 7.48. The fraction of sp³-hybridized carbons (Fsp3) is 0.125. The average molecular weight is 396 g/mol. The Balaban J connectivity index is 1.43. The molecule has 0 N–H and O–H groups in total. The molecule has 3 heterocycles. The summed E-state index contributed by atoms with van der Waals surface area (Å²) in [4.78, 5) is 17.8. The molecule has 0 spiro atoms. The van der Waals surface area contributed by atoms with Crippen LogP contribution < -0.4 is 4.74 Å². The molecule has 1 fully saturated rings. The maximum absolute atomic E-state index is 11.8. The van der Waals surface area contributed by atoms with Gasteiger partial charge in [0, 0.05) is 36.4 Å². The van der Waals surface area contributed by atoms with E-state index in [-0.39, 0.29) is 11.9 Å². The SMILES string of the molecule is C=CC(=O)N1CC(n2nc(-c3ccc(Oc4ccccc4)cc3)c3cnccc32)C1. The molecule has 4 aromatic rings. The van der Waals surface area contributed by atoms with E-state index >= 15 is 0 Å². The molecule has 1 saturated heterocycles. The number of para-hydroxylation sites is 1. The van der Waals surface area contributed by atoms with Gasteiger partial charge in [-0.15, -0.1) is 0 Å². The topological polar surface area (TPSA) is 60.2 Å². The van der Waals surface area contributed by atoms with E-state index in [1.807, 2.05) is 71.5 Å². The van der Waals surface area contributed by atoms with Crippen LogP contribution in [0, 0.1) is 0 Å². The minimum Gasteiger partial charge on any atom is -0.457 e. The molecular formula is C24H20N4O2. The van der Waals surface area contributed by atoms with Crippen LogP contribution in [0.4, 0.5) is 0 Å². The number of rotatable bonds is 5. The van der Waals surface area contributed by atoms with Gasteiger partial charge in [-0.05, 0) is 48.5 Å². The molecule has 2 aromatic heterocycles. The van der Waals surface area contributed by atoms with Crippen LogP contribution in [-0.2, 0) is 4.79 Å². The Labute approximate surface area is 174 Å². The number of pyridine rings is 1. The van der Waals surface area contributed by atoms with Crippen molar-refractivity contribution in [3.05, 3.63) is 85.7 Å². The Morgan fingerprint density at radius 1 is 1.03 bits per heavy atom. The molecule has 1 amide bonds. The Morgan fingerprint density at radius 2 is 1.77 bits per heavy atom. The normalized spacial score (nSPS) is 13.8. The quantitative estimate of drug-likeness (QED) is 0.467. The third kappa shape index (κ3) is 3.22. The summed E-state index contributed by atoms with van der Waals surface area (Å²) in [5, 5.41) is 5.88. The molecule has 0 radical (unpaired) electrons. The number of hydrogen-bond donors (Lipinski definition) is 0. The van der Waals surface area contributed by atoms with E-state index in [0.717, 1.165) is 33.7 Å². The van der Waals surface area contributed by atoms with Crippen LogP contribution in [0.5, 0.6) is 11.5 Å². The van der Waals surface area contributed by atoms with Gasteiger partial charge in [-0.2, -0.15) is 5.10 Å². The lowest BCUT2D eigenvalue weighted by atomic mass is 10.1. The van der Waals surface area contributed by atoms with E-state index in [0.29, 0.717) is 13.1 Å². The molecule has 5 rings (SSSR count). The number of carbonyl (C=O) groups excluding carboxylic acids is 1. The van der Waals surface area contributed by atoms with Crippen molar-refractivity contribution in [2.75, 3.05) is 13.1 Å². The highest BCUT2D eigenvalue weighted by molar-refractivity contribution is 5.93. The second-order valence-electron chi connectivity index (χ2n) is 7.23. The van der Waals surface area contributed by atoms with E-state index < -0.39 is 0 Å². The third-order valence-corrected chi connectivity index (χ3v) is 5.31. The van der Waals surface area contributed by atoms with Gasteiger partial charge in [0.25, 0.3) is 0 Å². The van der Waals surface area contributed by atoms with Gasteiger partial charge in [-0.1, -0.05) is 24.8 Å². The molecule has 6 nitrogen and oxygen atoms in total. The van der Waals surface area contributed by atoms with E-state index in [1.165, 1.54) is 6.08 Å². The molecule has 0 saturated carbocycles. The Hall–Kier alpha value is -3.93. The van der Waals surface area contributed by atoms with E-state index in [9.17, 15) is 4.79 Å². The molecule has 0 bridgehead atoms. The second-order valence-corrected chi connectivity index (χ2v) is 7.23.